The molecule has 1 aromatic heterocycles. The third-order valence-electron chi connectivity index (χ3n) is 1.95. The Labute approximate surface area is 89.0 Å². The second kappa shape index (κ2) is 5.82. The van der Waals surface area contributed by atoms with E-state index in [0.717, 1.165) is 0 Å². The number of hydrogen-bond donors (Lipinski definition) is 1. The molecule has 0 spiro atoms. The van der Waals surface area contributed by atoms with Crippen LogP contribution in [0.1, 0.15) is 12.8 Å². The molecule has 0 bridgehead atoms. The molecule has 7 heteroatoms. The molecule has 0 radical (unpaired) electrons. The minimum Gasteiger partial charge on any atom is -0.340 e. The van der Waals surface area contributed by atoms with Crippen LogP contribution in [0.3, 0.4) is 0 Å². The molecule has 1 N–H and O–H groups in total. The number of sulfone groups is 1. The van der Waals surface area contributed by atoms with Crippen molar-refractivity contribution in [1.82, 2.24) is 15.5 Å². The normalized spacial score (nSPS) is 11.8. The van der Waals surface area contributed by atoms with Crippen molar-refractivity contribution >= 4 is 9.84 Å². The van der Waals surface area contributed by atoms with Gasteiger partial charge in [0.25, 0.3) is 0 Å². The van der Waals surface area contributed by atoms with Gasteiger partial charge in [-0.3, -0.25) is 0 Å². The Morgan fingerprint density at radius 3 is 2.87 bits per heavy atom. The van der Waals surface area contributed by atoms with Crippen molar-refractivity contribution in [3.05, 3.63) is 12.2 Å². The van der Waals surface area contributed by atoms with Crippen molar-refractivity contribution in [2.45, 2.75) is 13.3 Å². The SMILES string of the molecule is CCS(=O)(=O)CCNCCc1ncno1. The zero-order chi connectivity index (χ0) is 11.1. The maximum Gasteiger partial charge on any atom is 0.227 e. The van der Waals surface area contributed by atoms with Gasteiger partial charge in [0, 0.05) is 25.3 Å². The molecule has 1 heterocycles. The summed E-state index contributed by atoms with van der Waals surface area (Å²) in [6, 6.07) is 0. The lowest BCUT2D eigenvalue weighted by atomic mass is 10.4. The lowest BCUT2D eigenvalue weighted by Gasteiger charge is -2.02. The molecule has 1 rings (SSSR count). The fourth-order valence-electron chi connectivity index (χ4n) is 0.998. The first-order chi connectivity index (χ1) is 7.14. The van der Waals surface area contributed by atoms with Gasteiger partial charge in [-0.15, -0.1) is 0 Å². The van der Waals surface area contributed by atoms with E-state index in [4.69, 9.17) is 4.52 Å². The highest BCUT2D eigenvalue weighted by molar-refractivity contribution is 7.91. The van der Waals surface area contributed by atoms with Crippen molar-refractivity contribution < 1.29 is 12.9 Å². The van der Waals surface area contributed by atoms with E-state index >= 15 is 0 Å². The third kappa shape index (κ3) is 4.89. The van der Waals surface area contributed by atoms with Crippen LogP contribution in [-0.4, -0.2) is 43.2 Å². The van der Waals surface area contributed by atoms with E-state index in [2.05, 4.69) is 15.5 Å². The smallest absolute Gasteiger partial charge is 0.227 e. The summed E-state index contributed by atoms with van der Waals surface area (Å²) < 4.78 is 27.0. The summed E-state index contributed by atoms with van der Waals surface area (Å²) in [5.74, 6) is 0.923. The van der Waals surface area contributed by atoms with Crippen LogP contribution >= 0.6 is 0 Å². The van der Waals surface area contributed by atoms with Crippen LogP contribution in [0.4, 0.5) is 0 Å². The largest absolute Gasteiger partial charge is 0.340 e. The summed E-state index contributed by atoms with van der Waals surface area (Å²) in [5, 5.41) is 6.47. The molecule has 15 heavy (non-hydrogen) atoms. The van der Waals surface area contributed by atoms with Gasteiger partial charge in [0.1, 0.15) is 0 Å². The third-order valence-corrected chi connectivity index (χ3v) is 3.66. The van der Waals surface area contributed by atoms with Gasteiger partial charge in [-0.25, -0.2) is 8.42 Å². The Hall–Kier alpha value is -0.950. The van der Waals surface area contributed by atoms with Gasteiger partial charge in [-0.05, 0) is 0 Å². The van der Waals surface area contributed by atoms with E-state index in [1.165, 1.54) is 6.33 Å². The zero-order valence-electron chi connectivity index (χ0n) is 8.64. The van der Waals surface area contributed by atoms with Crippen molar-refractivity contribution in [2.75, 3.05) is 24.6 Å². The Morgan fingerprint density at radius 1 is 1.47 bits per heavy atom. The second-order valence-corrected chi connectivity index (χ2v) is 5.54. The predicted molar refractivity (Wildman–Crippen MR) is 55.2 cm³/mol. The predicted octanol–water partition coefficient (Wildman–Crippen LogP) is -0.364. The molecular formula is C8H15N3O3S. The summed E-state index contributed by atoms with van der Waals surface area (Å²) in [5.41, 5.74) is 0. The average molecular weight is 233 g/mol. The molecule has 0 saturated carbocycles. The summed E-state index contributed by atoms with van der Waals surface area (Å²) in [6.07, 6.45) is 1.96. The van der Waals surface area contributed by atoms with E-state index in [1.54, 1.807) is 6.92 Å². The Morgan fingerprint density at radius 2 is 2.27 bits per heavy atom. The van der Waals surface area contributed by atoms with Gasteiger partial charge in [-0.1, -0.05) is 12.1 Å². The summed E-state index contributed by atoms with van der Waals surface area (Å²) >= 11 is 0. The number of hydrogen-bond acceptors (Lipinski definition) is 6. The average Bonchev–Trinajstić information content (AvgIpc) is 2.70. The molecule has 1 aromatic rings. The molecule has 0 atom stereocenters. The first kappa shape index (κ1) is 12.1. The molecule has 0 aliphatic carbocycles. The summed E-state index contributed by atoms with van der Waals surface area (Å²) in [4.78, 5) is 3.84. The zero-order valence-corrected chi connectivity index (χ0v) is 9.46. The van der Waals surface area contributed by atoms with Gasteiger partial charge in [0.05, 0.1) is 5.75 Å². The van der Waals surface area contributed by atoms with Crippen LogP contribution in [0, 0.1) is 0 Å². The quantitative estimate of drug-likeness (QED) is 0.647. The molecule has 6 nitrogen and oxygen atoms in total. The molecule has 0 aliphatic heterocycles. The first-order valence-corrected chi connectivity index (χ1v) is 6.63. The van der Waals surface area contributed by atoms with Crippen molar-refractivity contribution in [1.29, 1.82) is 0 Å². The molecule has 86 valence electrons. The molecule has 0 unspecified atom stereocenters. The summed E-state index contributed by atoms with van der Waals surface area (Å²) in [7, 11) is -2.87. The first-order valence-electron chi connectivity index (χ1n) is 4.81. The molecule has 0 amide bonds. The van der Waals surface area contributed by atoms with E-state index in [0.29, 0.717) is 25.4 Å². The number of nitrogens with one attached hydrogen (secondary N) is 1. The standard InChI is InChI=1S/C8H15N3O3S/c1-2-15(12,13)6-5-9-4-3-8-10-7-11-14-8/h7,9H,2-6H2,1H3. The highest BCUT2D eigenvalue weighted by Crippen LogP contribution is 1.91. The van der Waals surface area contributed by atoms with Crippen LogP contribution in [0.25, 0.3) is 0 Å². The van der Waals surface area contributed by atoms with Crippen LogP contribution in [0.15, 0.2) is 10.9 Å². The van der Waals surface area contributed by atoms with E-state index in [-0.39, 0.29) is 11.5 Å². The second-order valence-electron chi connectivity index (χ2n) is 3.07. The van der Waals surface area contributed by atoms with Gasteiger partial charge >= 0.3 is 0 Å². The van der Waals surface area contributed by atoms with Crippen LogP contribution < -0.4 is 5.32 Å². The van der Waals surface area contributed by atoms with E-state index in [1.807, 2.05) is 0 Å². The maximum absolute atomic E-state index is 11.1. The lowest BCUT2D eigenvalue weighted by molar-refractivity contribution is 0.375. The molecule has 0 fully saturated rings. The minimum absolute atomic E-state index is 0.174. The van der Waals surface area contributed by atoms with Crippen LogP contribution in [0.2, 0.25) is 0 Å². The number of rotatable bonds is 7. The summed E-state index contributed by atoms with van der Waals surface area (Å²) in [6.45, 7) is 2.75. The van der Waals surface area contributed by atoms with Crippen LogP contribution in [-0.2, 0) is 16.3 Å². The maximum atomic E-state index is 11.1. The topological polar surface area (TPSA) is 85.1 Å². The van der Waals surface area contributed by atoms with Gasteiger partial charge in [-0.2, -0.15) is 4.98 Å². The minimum atomic E-state index is -2.87. The van der Waals surface area contributed by atoms with Gasteiger partial charge in [0.15, 0.2) is 16.2 Å². The highest BCUT2D eigenvalue weighted by atomic mass is 32.2. The Bertz CT molecular complexity index is 360. The molecule has 0 saturated heterocycles. The van der Waals surface area contributed by atoms with Crippen molar-refractivity contribution in [2.24, 2.45) is 0 Å². The van der Waals surface area contributed by atoms with Crippen molar-refractivity contribution in [3.8, 4) is 0 Å². The Balaban J connectivity index is 2.08. The van der Waals surface area contributed by atoms with E-state index < -0.39 is 9.84 Å². The lowest BCUT2D eigenvalue weighted by Crippen LogP contribution is -2.25. The fraction of sp³-hybridized carbons (Fsp3) is 0.750. The molecular weight excluding hydrogens is 218 g/mol. The van der Waals surface area contributed by atoms with Gasteiger partial charge in [0.2, 0.25) is 5.89 Å². The molecule has 0 aliphatic rings. The Kier molecular flexibility index (Phi) is 4.70. The van der Waals surface area contributed by atoms with Crippen LogP contribution in [0.5, 0.6) is 0 Å². The van der Waals surface area contributed by atoms with Crippen molar-refractivity contribution in [3.63, 3.8) is 0 Å². The monoisotopic (exact) mass is 233 g/mol. The number of aromatic nitrogens is 2. The number of nitrogens with zero attached hydrogens (tertiary/aromatic N) is 2. The fourth-order valence-corrected chi connectivity index (χ4v) is 1.74. The van der Waals surface area contributed by atoms with E-state index in [9.17, 15) is 8.42 Å². The highest BCUT2D eigenvalue weighted by Gasteiger charge is 2.06. The molecule has 0 aromatic carbocycles. The van der Waals surface area contributed by atoms with Gasteiger partial charge < -0.3 is 9.84 Å².